The zero-order valence-electron chi connectivity index (χ0n) is 10.4. The third-order valence-electron chi connectivity index (χ3n) is 3.14. The molecule has 19 heavy (non-hydrogen) atoms. The molecule has 0 aromatic carbocycles. The van der Waals surface area contributed by atoms with Crippen LogP contribution in [0.3, 0.4) is 0 Å². The maximum Gasteiger partial charge on any atom is 0.327 e. The molecule has 0 radical (unpaired) electrons. The van der Waals surface area contributed by atoms with Crippen LogP contribution in [-0.4, -0.2) is 33.8 Å². The van der Waals surface area contributed by atoms with E-state index in [0.717, 1.165) is 4.90 Å². The molecule has 1 aliphatic rings. The minimum absolute atomic E-state index is 0.000185. The molecule has 1 aromatic heterocycles. The predicted octanol–water partition coefficient (Wildman–Crippen LogP) is 1.20. The van der Waals surface area contributed by atoms with Gasteiger partial charge >= 0.3 is 5.97 Å². The highest BCUT2D eigenvalue weighted by atomic mass is 16.4. The molecule has 1 fully saturated rings. The van der Waals surface area contributed by atoms with Crippen LogP contribution in [0.2, 0.25) is 0 Å². The minimum atomic E-state index is -1.19. The zero-order valence-corrected chi connectivity index (χ0v) is 10.4. The Kier molecular flexibility index (Phi) is 3.99. The van der Waals surface area contributed by atoms with Gasteiger partial charge in [-0.3, -0.25) is 14.5 Å². The van der Waals surface area contributed by atoms with E-state index in [0.29, 0.717) is 18.6 Å². The van der Waals surface area contributed by atoms with E-state index in [-0.39, 0.29) is 19.3 Å². The summed E-state index contributed by atoms with van der Waals surface area (Å²) in [6.45, 7) is 0. The summed E-state index contributed by atoms with van der Waals surface area (Å²) in [7, 11) is 0. The van der Waals surface area contributed by atoms with Crippen molar-refractivity contribution in [1.82, 2.24) is 4.90 Å². The fourth-order valence-electron chi connectivity index (χ4n) is 2.19. The SMILES string of the molecule is O=C(O)C(Cc1ccco1)N1C(=O)CCCCC1=O. The molecule has 2 amide bonds. The second-order valence-electron chi connectivity index (χ2n) is 4.50. The Morgan fingerprint density at radius 2 is 1.95 bits per heavy atom. The van der Waals surface area contributed by atoms with Crippen LogP contribution in [0.1, 0.15) is 31.4 Å². The molecule has 1 unspecified atom stereocenters. The lowest BCUT2D eigenvalue weighted by Crippen LogP contribution is -2.49. The summed E-state index contributed by atoms with van der Waals surface area (Å²) < 4.78 is 5.09. The fraction of sp³-hybridized carbons (Fsp3) is 0.462. The zero-order chi connectivity index (χ0) is 13.8. The first-order chi connectivity index (χ1) is 9.09. The molecule has 102 valence electrons. The standard InChI is InChI=1S/C13H15NO5/c15-11-5-1-2-6-12(16)14(11)10(13(17)18)8-9-4-3-7-19-9/h3-4,7,10H,1-2,5-6,8H2,(H,17,18). The molecule has 0 spiro atoms. The van der Waals surface area contributed by atoms with E-state index in [1.54, 1.807) is 12.1 Å². The van der Waals surface area contributed by atoms with Crippen LogP contribution < -0.4 is 0 Å². The van der Waals surface area contributed by atoms with Crippen LogP contribution >= 0.6 is 0 Å². The van der Waals surface area contributed by atoms with Crippen LogP contribution in [0.25, 0.3) is 0 Å². The normalized spacial score (nSPS) is 18.2. The van der Waals surface area contributed by atoms with Crippen molar-refractivity contribution < 1.29 is 23.9 Å². The van der Waals surface area contributed by atoms with Gasteiger partial charge in [0, 0.05) is 19.3 Å². The average Bonchev–Trinajstić information content (AvgIpc) is 2.81. The van der Waals surface area contributed by atoms with Crippen molar-refractivity contribution in [2.45, 2.75) is 38.1 Å². The number of hydrogen-bond donors (Lipinski definition) is 1. The van der Waals surface area contributed by atoms with Crippen molar-refractivity contribution >= 4 is 17.8 Å². The number of amides is 2. The van der Waals surface area contributed by atoms with Crippen molar-refractivity contribution in [3.05, 3.63) is 24.2 Å². The van der Waals surface area contributed by atoms with Gasteiger partial charge < -0.3 is 9.52 Å². The van der Waals surface area contributed by atoms with Gasteiger partial charge in [0.1, 0.15) is 11.8 Å². The Bertz CT molecular complexity index is 461. The topological polar surface area (TPSA) is 87.8 Å². The molecule has 1 saturated heterocycles. The van der Waals surface area contributed by atoms with Gasteiger partial charge in [-0.25, -0.2) is 4.79 Å². The number of likely N-dealkylation sites (tertiary alicyclic amines) is 1. The summed E-state index contributed by atoms with van der Waals surface area (Å²) in [5.74, 6) is -1.58. The Balaban J connectivity index is 2.23. The lowest BCUT2D eigenvalue weighted by Gasteiger charge is -2.25. The van der Waals surface area contributed by atoms with Crippen LogP contribution in [0.4, 0.5) is 0 Å². The maximum absolute atomic E-state index is 11.9. The van der Waals surface area contributed by atoms with Crippen LogP contribution in [0.5, 0.6) is 0 Å². The van der Waals surface area contributed by atoms with Gasteiger partial charge in [-0.1, -0.05) is 0 Å². The maximum atomic E-state index is 11.9. The first-order valence-corrected chi connectivity index (χ1v) is 6.19. The lowest BCUT2D eigenvalue weighted by molar-refractivity contribution is -0.157. The molecule has 1 atom stereocenters. The molecule has 1 N–H and O–H groups in total. The Morgan fingerprint density at radius 1 is 1.32 bits per heavy atom. The number of furan rings is 1. The van der Waals surface area contributed by atoms with Crippen LogP contribution in [-0.2, 0) is 20.8 Å². The second-order valence-corrected chi connectivity index (χ2v) is 4.50. The summed E-state index contributed by atoms with van der Waals surface area (Å²) in [5.41, 5.74) is 0. The molecule has 6 nitrogen and oxygen atoms in total. The van der Waals surface area contributed by atoms with Crippen LogP contribution in [0.15, 0.2) is 22.8 Å². The molecule has 2 rings (SSSR count). The average molecular weight is 265 g/mol. The van der Waals surface area contributed by atoms with Gasteiger partial charge in [-0.2, -0.15) is 0 Å². The monoisotopic (exact) mass is 265 g/mol. The van der Waals surface area contributed by atoms with Gasteiger partial charge in [0.05, 0.1) is 6.26 Å². The highest BCUT2D eigenvalue weighted by Crippen LogP contribution is 2.18. The number of imide groups is 1. The first-order valence-electron chi connectivity index (χ1n) is 6.19. The highest BCUT2D eigenvalue weighted by Gasteiger charge is 2.36. The van der Waals surface area contributed by atoms with Gasteiger partial charge in [0.25, 0.3) is 0 Å². The Labute approximate surface area is 110 Å². The fourth-order valence-corrected chi connectivity index (χ4v) is 2.19. The number of hydrogen-bond acceptors (Lipinski definition) is 4. The van der Waals surface area contributed by atoms with E-state index >= 15 is 0 Å². The summed E-state index contributed by atoms with van der Waals surface area (Å²) in [6.07, 6.45) is 3.10. The summed E-state index contributed by atoms with van der Waals surface area (Å²) in [6, 6.07) is 2.08. The molecule has 0 saturated carbocycles. The van der Waals surface area contributed by atoms with E-state index in [2.05, 4.69) is 0 Å². The summed E-state index contributed by atoms with van der Waals surface area (Å²) in [4.78, 5) is 36.0. The molecule has 1 aromatic rings. The minimum Gasteiger partial charge on any atom is -0.480 e. The molecular formula is C13H15NO5. The van der Waals surface area contributed by atoms with Gasteiger partial charge in [0.2, 0.25) is 11.8 Å². The largest absolute Gasteiger partial charge is 0.480 e. The van der Waals surface area contributed by atoms with Crippen molar-refractivity contribution in [3.8, 4) is 0 Å². The van der Waals surface area contributed by atoms with E-state index in [1.165, 1.54) is 6.26 Å². The number of carbonyl (C=O) groups is 3. The molecular weight excluding hydrogens is 250 g/mol. The molecule has 2 heterocycles. The molecule has 6 heteroatoms. The van der Waals surface area contributed by atoms with Gasteiger partial charge in [0.15, 0.2) is 0 Å². The lowest BCUT2D eigenvalue weighted by atomic mass is 10.1. The first kappa shape index (κ1) is 13.3. The number of carbonyl (C=O) groups excluding carboxylic acids is 2. The second kappa shape index (κ2) is 5.69. The number of carboxylic acid groups (broad SMARTS) is 1. The van der Waals surface area contributed by atoms with E-state index in [4.69, 9.17) is 4.42 Å². The number of carboxylic acids is 1. The van der Waals surface area contributed by atoms with Crippen LogP contribution in [0, 0.1) is 0 Å². The number of nitrogens with zero attached hydrogens (tertiary/aromatic N) is 1. The smallest absolute Gasteiger partial charge is 0.327 e. The highest BCUT2D eigenvalue weighted by molar-refractivity contribution is 5.99. The van der Waals surface area contributed by atoms with Gasteiger partial charge in [-0.15, -0.1) is 0 Å². The predicted molar refractivity (Wildman–Crippen MR) is 64.2 cm³/mol. The Hall–Kier alpha value is -2.11. The molecule has 0 bridgehead atoms. The van der Waals surface area contributed by atoms with Crippen molar-refractivity contribution in [3.63, 3.8) is 0 Å². The quantitative estimate of drug-likeness (QED) is 0.826. The van der Waals surface area contributed by atoms with Crippen molar-refractivity contribution in [2.24, 2.45) is 0 Å². The number of rotatable bonds is 4. The third-order valence-corrected chi connectivity index (χ3v) is 3.14. The molecule has 0 aliphatic carbocycles. The number of aliphatic carboxylic acids is 1. The van der Waals surface area contributed by atoms with Crippen molar-refractivity contribution in [2.75, 3.05) is 0 Å². The summed E-state index contributed by atoms with van der Waals surface area (Å²) >= 11 is 0. The molecule has 1 aliphatic heterocycles. The van der Waals surface area contributed by atoms with Gasteiger partial charge in [-0.05, 0) is 25.0 Å². The summed E-state index contributed by atoms with van der Waals surface area (Å²) in [5, 5.41) is 9.26. The van der Waals surface area contributed by atoms with E-state index in [9.17, 15) is 19.5 Å². The Morgan fingerprint density at radius 3 is 2.42 bits per heavy atom. The van der Waals surface area contributed by atoms with Crippen molar-refractivity contribution in [1.29, 1.82) is 0 Å². The van der Waals surface area contributed by atoms with E-state index in [1.807, 2.05) is 0 Å². The third kappa shape index (κ3) is 3.01. The van der Waals surface area contributed by atoms with E-state index < -0.39 is 23.8 Å².